The van der Waals surface area contributed by atoms with Crippen LogP contribution in [0.1, 0.15) is 22.4 Å². The summed E-state index contributed by atoms with van der Waals surface area (Å²) in [5.74, 6) is 0.628. The van der Waals surface area contributed by atoms with Crippen molar-refractivity contribution >= 4 is 34.8 Å². The van der Waals surface area contributed by atoms with Gasteiger partial charge in [-0.25, -0.2) is 9.78 Å². The number of ether oxygens (including phenoxy) is 1. The van der Waals surface area contributed by atoms with Gasteiger partial charge in [0, 0.05) is 28.8 Å². The van der Waals surface area contributed by atoms with E-state index in [0.29, 0.717) is 34.6 Å². The summed E-state index contributed by atoms with van der Waals surface area (Å²) in [7, 11) is 0. The zero-order valence-corrected chi connectivity index (χ0v) is 18.5. The Bertz CT molecular complexity index is 1240. The highest BCUT2D eigenvalue weighted by molar-refractivity contribution is 7.98. The fourth-order valence-corrected chi connectivity index (χ4v) is 4.63. The molecule has 0 saturated heterocycles. The number of rotatable bonds is 8. The molecule has 162 valence electrons. The summed E-state index contributed by atoms with van der Waals surface area (Å²) in [6.07, 6.45) is 0. The number of benzene rings is 2. The molecular weight excluding hydrogens is 450 g/mol. The standard InChI is InChI=1S/C21H17N5O4S2/c1-2-30-20(27)17-12-31-18(22-17)13-32-21-24-23-19(25(21)15-6-4-3-5-7-15)14-8-10-16(11-9-14)26(28)29/h3-12H,2,13H2,1H3. The number of nitro groups is 1. The Hall–Kier alpha value is -3.57. The molecule has 2 heterocycles. The monoisotopic (exact) mass is 467 g/mol. The number of thiazole rings is 1. The highest BCUT2D eigenvalue weighted by atomic mass is 32.2. The van der Waals surface area contributed by atoms with Gasteiger partial charge < -0.3 is 4.74 Å². The van der Waals surface area contributed by atoms with Gasteiger partial charge in [0.1, 0.15) is 5.01 Å². The van der Waals surface area contributed by atoms with E-state index in [-0.39, 0.29) is 5.69 Å². The molecule has 2 aromatic heterocycles. The zero-order chi connectivity index (χ0) is 22.5. The van der Waals surface area contributed by atoms with Crippen LogP contribution in [-0.4, -0.2) is 37.2 Å². The lowest BCUT2D eigenvalue weighted by molar-refractivity contribution is -0.384. The Morgan fingerprint density at radius 1 is 1.16 bits per heavy atom. The minimum absolute atomic E-state index is 0.00954. The molecule has 0 radical (unpaired) electrons. The number of para-hydroxylation sites is 1. The number of non-ortho nitro benzene ring substituents is 1. The van der Waals surface area contributed by atoms with Gasteiger partial charge in [0.15, 0.2) is 16.7 Å². The van der Waals surface area contributed by atoms with E-state index in [9.17, 15) is 14.9 Å². The van der Waals surface area contributed by atoms with E-state index in [4.69, 9.17) is 4.74 Å². The molecule has 4 rings (SSSR count). The van der Waals surface area contributed by atoms with Gasteiger partial charge in [-0.3, -0.25) is 14.7 Å². The topological polar surface area (TPSA) is 113 Å². The van der Waals surface area contributed by atoms with Crippen LogP contribution in [0.3, 0.4) is 0 Å². The Balaban J connectivity index is 1.63. The van der Waals surface area contributed by atoms with Crippen LogP contribution in [0.25, 0.3) is 17.1 Å². The van der Waals surface area contributed by atoms with Crippen molar-refractivity contribution in [2.75, 3.05) is 6.61 Å². The molecule has 0 aliphatic rings. The van der Waals surface area contributed by atoms with Crippen molar-refractivity contribution in [3.8, 4) is 17.1 Å². The molecule has 0 bridgehead atoms. The first-order chi connectivity index (χ1) is 15.6. The smallest absolute Gasteiger partial charge is 0.357 e. The van der Waals surface area contributed by atoms with Crippen molar-refractivity contribution in [1.29, 1.82) is 0 Å². The molecule has 9 nitrogen and oxygen atoms in total. The van der Waals surface area contributed by atoms with Crippen LogP contribution in [0.15, 0.2) is 65.1 Å². The summed E-state index contributed by atoms with van der Waals surface area (Å²) >= 11 is 2.81. The fraction of sp³-hybridized carbons (Fsp3) is 0.143. The number of hydrogen-bond donors (Lipinski definition) is 0. The molecule has 0 unspecified atom stereocenters. The quantitative estimate of drug-likeness (QED) is 0.158. The maximum atomic E-state index is 11.8. The molecule has 0 amide bonds. The average Bonchev–Trinajstić information content (AvgIpc) is 3.46. The van der Waals surface area contributed by atoms with E-state index in [1.165, 1.54) is 35.2 Å². The van der Waals surface area contributed by atoms with Crippen molar-refractivity contribution in [2.24, 2.45) is 0 Å². The number of nitrogens with zero attached hydrogens (tertiary/aromatic N) is 5. The maximum absolute atomic E-state index is 11.8. The number of carbonyl (C=O) groups excluding carboxylic acids is 1. The second-order valence-electron chi connectivity index (χ2n) is 6.42. The lowest BCUT2D eigenvalue weighted by Gasteiger charge is -2.10. The van der Waals surface area contributed by atoms with Crippen molar-refractivity contribution in [1.82, 2.24) is 19.7 Å². The Kier molecular flexibility index (Phi) is 6.57. The number of hydrogen-bond acceptors (Lipinski definition) is 9. The second kappa shape index (κ2) is 9.71. The minimum atomic E-state index is -0.439. The number of nitro benzene ring substituents is 1. The van der Waals surface area contributed by atoms with E-state index in [1.54, 1.807) is 24.4 Å². The highest BCUT2D eigenvalue weighted by Crippen LogP contribution is 2.31. The third-order valence-electron chi connectivity index (χ3n) is 4.35. The molecule has 32 heavy (non-hydrogen) atoms. The van der Waals surface area contributed by atoms with Crippen LogP contribution in [0, 0.1) is 10.1 Å². The van der Waals surface area contributed by atoms with E-state index < -0.39 is 10.9 Å². The lowest BCUT2D eigenvalue weighted by atomic mass is 10.2. The van der Waals surface area contributed by atoms with Gasteiger partial charge in [0.25, 0.3) is 5.69 Å². The third kappa shape index (κ3) is 4.68. The van der Waals surface area contributed by atoms with Gasteiger partial charge in [0.2, 0.25) is 0 Å². The van der Waals surface area contributed by atoms with Gasteiger partial charge in [-0.15, -0.1) is 21.5 Å². The summed E-state index contributed by atoms with van der Waals surface area (Å²) < 4.78 is 6.88. The summed E-state index contributed by atoms with van der Waals surface area (Å²) in [4.78, 5) is 26.7. The van der Waals surface area contributed by atoms with E-state index in [1.807, 2.05) is 34.9 Å². The number of esters is 1. The summed E-state index contributed by atoms with van der Waals surface area (Å²) in [5.41, 5.74) is 1.87. The largest absolute Gasteiger partial charge is 0.461 e. The molecule has 0 aliphatic carbocycles. The van der Waals surface area contributed by atoms with Crippen molar-refractivity contribution in [3.63, 3.8) is 0 Å². The molecular formula is C21H17N5O4S2. The molecule has 0 N–H and O–H groups in total. The predicted octanol–water partition coefficient (Wildman–Crippen LogP) is 4.77. The first-order valence-corrected chi connectivity index (χ1v) is 11.4. The van der Waals surface area contributed by atoms with Gasteiger partial charge >= 0.3 is 5.97 Å². The van der Waals surface area contributed by atoms with Crippen LogP contribution in [0.2, 0.25) is 0 Å². The summed E-state index contributed by atoms with van der Waals surface area (Å²) in [5, 5.41) is 22.7. The molecule has 4 aromatic rings. The first kappa shape index (κ1) is 21.7. The Morgan fingerprint density at radius 3 is 2.59 bits per heavy atom. The maximum Gasteiger partial charge on any atom is 0.357 e. The SMILES string of the molecule is CCOC(=O)c1csc(CSc2nnc(-c3ccc([N+](=O)[O-])cc3)n2-c2ccccc2)n1. The van der Waals surface area contributed by atoms with E-state index >= 15 is 0 Å². The third-order valence-corrected chi connectivity index (χ3v) is 6.32. The van der Waals surface area contributed by atoms with E-state index in [2.05, 4.69) is 15.2 Å². The van der Waals surface area contributed by atoms with Crippen LogP contribution < -0.4 is 0 Å². The van der Waals surface area contributed by atoms with Gasteiger partial charge in [-0.1, -0.05) is 30.0 Å². The predicted molar refractivity (Wildman–Crippen MR) is 121 cm³/mol. The molecule has 0 spiro atoms. The van der Waals surface area contributed by atoms with Gasteiger partial charge in [-0.05, 0) is 31.2 Å². The fourth-order valence-electron chi connectivity index (χ4n) is 2.89. The normalized spacial score (nSPS) is 10.8. The first-order valence-electron chi connectivity index (χ1n) is 9.56. The minimum Gasteiger partial charge on any atom is -0.461 e. The van der Waals surface area contributed by atoms with Crippen molar-refractivity contribution in [2.45, 2.75) is 17.8 Å². The zero-order valence-electron chi connectivity index (χ0n) is 16.9. The highest BCUT2D eigenvalue weighted by Gasteiger charge is 2.18. The van der Waals surface area contributed by atoms with Gasteiger partial charge in [0.05, 0.1) is 17.3 Å². The lowest BCUT2D eigenvalue weighted by Crippen LogP contribution is -2.05. The number of thioether (sulfide) groups is 1. The Morgan fingerprint density at radius 2 is 1.91 bits per heavy atom. The molecule has 0 atom stereocenters. The van der Waals surface area contributed by atoms with Gasteiger partial charge in [-0.2, -0.15) is 0 Å². The van der Waals surface area contributed by atoms with Crippen LogP contribution >= 0.6 is 23.1 Å². The molecule has 11 heteroatoms. The number of aromatic nitrogens is 4. The summed E-state index contributed by atoms with van der Waals surface area (Å²) in [6, 6.07) is 15.8. The molecule has 0 aliphatic heterocycles. The number of carbonyl (C=O) groups is 1. The average molecular weight is 468 g/mol. The van der Waals surface area contributed by atoms with Crippen LogP contribution in [-0.2, 0) is 10.5 Å². The molecule has 0 saturated carbocycles. The molecule has 0 fully saturated rings. The van der Waals surface area contributed by atoms with Crippen molar-refractivity contribution in [3.05, 3.63) is 80.8 Å². The van der Waals surface area contributed by atoms with Crippen molar-refractivity contribution < 1.29 is 14.5 Å². The second-order valence-corrected chi connectivity index (χ2v) is 8.30. The molecule has 2 aromatic carbocycles. The summed E-state index contributed by atoms with van der Waals surface area (Å²) in [6.45, 7) is 2.05. The van der Waals surface area contributed by atoms with Crippen LogP contribution in [0.4, 0.5) is 5.69 Å². The Labute approximate surface area is 191 Å². The van der Waals surface area contributed by atoms with E-state index in [0.717, 1.165) is 10.7 Å². The van der Waals surface area contributed by atoms with Crippen LogP contribution in [0.5, 0.6) is 0 Å².